The first-order valence-electron chi connectivity index (χ1n) is 12.6. The minimum Gasteiger partial charge on any atom is -0.497 e. The molecule has 7 nitrogen and oxygen atoms in total. The molecule has 0 aliphatic rings. The van der Waals surface area contributed by atoms with Gasteiger partial charge in [0.25, 0.3) is 5.91 Å². The van der Waals surface area contributed by atoms with Crippen LogP contribution in [0.25, 0.3) is 23.2 Å². The Hall–Kier alpha value is -4.17. The summed E-state index contributed by atoms with van der Waals surface area (Å²) in [5.74, 6) is 1.36. The average molecular weight is 540 g/mol. The van der Waals surface area contributed by atoms with Crippen molar-refractivity contribution in [2.24, 2.45) is 5.10 Å². The maximum atomic E-state index is 12.6. The highest BCUT2D eigenvalue weighted by molar-refractivity contribution is 7.99. The van der Waals surface area contributed by atoms with Gasteiger partial charge in [-0.15, -0.1) is 10.2 Å². The number of hydrazone groups is 1. The van der Waals surface area contributed by atoms with E-state index in [4.69, 9.17) is 4.74 Å². The second-order valence-electron chi connectivity index (χ2n) is 10.0. The fourth-order valence-corrected chi connectivity index (χ4v) is 4.60. The van der Waals surface area contributed by atoms with Crippen LogP contribution in [0.3, 0.4) is 0 Å². The molecule has 4 rings (SSSR count). The van der Waals surface area contributed by atoms with E-state index in [1.807, 2.05) is 72.2 Å². The van der Waals surface area contributed by atoms with Crippen LogP contribution in [0.4, 0.5) is 0 Å². The van der Waals surface area contributed by atoms with Crippen molar-refractivity contribution in [2.75, 3.05) is 12.9 Å². The van der Waals surface area contributed by atoms with Crippen molar-refractivity contribution in [2.45, 2.75) is 38.3 Å². The van der Waals surface area contributed by atoms with Gasteiger partial charge in [-0.2, -0.15) is 5.10 Å². The number of aromatic nitrogens is 3. The molecule has 0 unspecified atom stereocenters. The number of hydrogen-bond donors (Lipinski definition) is 1. The van der Waals surface area contributed by atoms with E-state index in [-0.39, 0.29) is 17.1 Å². The Kier molecular flexibility index (Phi) is 8.99. The molecule has 8 heteroatoms. The van der Waals surface area contributed by atoms with Crippen LogP contribution in [0.2, 0.25) is 0 Å². The normalized spacial score (nSPS) is 12.1. The molecule has 1 N–H and O–H groups in total. The van der Waals surface area contributed by atoms with E-state index in [0.29, 0.717) is 11.0 Å². The number of ether oxygens (including phenoxy) is 1. The van der Waals surface area contributed by atoms with Crippen LogP contribution in [0.1, 0.15) is 38.8 Å². The lowest BCUT2D eigenvalue weighted by molar-refractivity contribution is -0.118. The molecule has 0 saturated heterocycles. The Morgan fingerprint density at radius 3 is 2.33 bits per heavy atom. The fourth-order valence-electron chi connectivity index (χ4n) is 3.85. The highest BCUT2D eigenvalue weighted by Crippen LogP contribution is 2.30. The fraction of sp³-hybridized carbons (Fsp3) is 0.226. The van der Waals surface area contributed by atoms with Crippen LogP contribution in [-0.2, 0) is 10.2 Å². The second-order valence-corrected chi connectivity index (χ2v) is 11.0. The van der Waals surface area contributed by atoms with Crippen LogP contribution >= 0.6 is 11.8 Å². The van der Waals surface area contributed by atoms with Crippen molar-refractivity contribution in [3.63, 3.8) is 0 Å². The molecule has 0 fully saturated rings. The SMILES string of the molecule is COc1ccc(-n2c(SCC(=O)N/N=C\C(C)=C/c3ccccc3)nnc2-c2ccc(C(C)(C)C)cc2)cc1. The summed E-state index contributed by atoms with van der Waals surface area (Å²) in [6.07, 6.45) is 3.63. The molecule has 0 bridgehead atoms. The molecule has 0 aliphatic carbocycles. The second kappa shape index (κ2) is 12.6. The van der Waals surface area contributed by atoms with Crippen molar-refractivity contribution >= 4 is 30.0 Å². The number of nitrogens with zero attached hydrogens (tertiary/aromatic N) is 4. The van der Waals surface area contributed by atoms with E-state index in [2.05, 4.69) is 65.8 Å². The van der Waals surface area contributed by atoms with Gasteiger partial charge in [-0.1, -0.05) is 93.2 Å². The zero-order chi connectivity index (χ0) is 27.8. The van der Waals surface area contributed by atoms with Crippen molar-refractivity contribution < 1.29 is 9.53 Å². The molecule has 200 valence electrons. The van der Waals surface area contributed by atoms with Crippen LogP contribution in [0.15, 0.2) is 94.7 Å². The molecule has 0 spiro atoms. The van der Waals surface area contributed by atoms with E-state index < -0.39 is 0 Å². The summed E-state index contributed by atoms with van der Waals surface area (Å²) in [5, 5.41) is 13.6. The molecule has 1 aromatic heterocycles. The number of carbonyl (C=O) groups excluding carboxylic acids is 1. The summed E-state index contributed by atoms with van der Waals surface area (Å²) in [7, 11) is 1.64. The van der Waals surface area contributed by atoms with Gasteiger partial charge in [0, 0.05) is 11.3 Å². The monoisotopic (exact) mass is 539 g/mol. The van der Waals surface area contributed by atoms with Crippen molar-refractivity contribution in [1.29, 1.82) is 0 Å². The predicted molar refractivity (Wildman–Crippen MR) is 159 cm³/mol. The lowest BCUT2D eigenvalue weighted by atomic mass is 9.87. The van der Waals surface area contributed by atoms with Gasteiger partial charge >= 0.3 is 0 Å². The van der Waals surface area contributed by atoms with Gasteiger partial charge in [-0.25, -0.2) is 5.43 Å². The van der Waals surface area contributed by atoms with Crippen LogP contribution in [0, 0.1) is 0 Å². The average Bonchev–Trinajstić information content (AvgIpc) is 3.36. The summed E-state index contributed by atoms with van der Waals surface area (Å²) >= 11 is 1.30. The van der Waals surface area contributed by atoms with Crippen LogP contribution in [0.5, 0.6) is 5.75 Å². The highest BCUT2D eigenvalue weighted by atomic mass is 32.2. The van der Waals surface area contributed by atoms with Crippen molar-refractivity contribution in [3.8, 4) is 22.8 Å². The molecule has 0 saturated carbocycles. The number of allylic oxidation sites excluding steroid dienone is 1. The van der Waals surface area contributed by atoms with Gasteiger partial charge in [-0.05, 0) is 53.3 Å². The molecule has 4 aromatic rings. The number of methoxy groups -OCH3 is 1. The lowest BCUT2D eigenvalue weighted by Crippen LogP contribution is -2.20. The number of rotatable bonds is 9. The summed E-state index contributed by atoms with van der Waals surface area (Å²) in [4.78, 5) is 12.6. The number of nitrogens with one attached hydrogen (secondary N) is 1. The number of benzene rings is 3. The first-order chi connectivity index (χ1) is 18.7. The maximum Gasteiger partial charge on any atom is 0.250 e. The first-order valence-corrected chi connectivity index (χ1v) is 13.6. The Bertz CT molecular complexity index is 1450. The highest BCUT2D eigenvalue weighted by Gasteiger charge is 2.19. The number of amides is 1. The summed E-state index contributed by atoms with van der Waals surface area (Å²) in [5.41, 5.74) is 7.70. The Morgan fingerprint density at radius 2 is 1.69 bits per heavy atom. The third-order valence-corrected chi connectivity index (χ3v) is 6.89. The number of carbonyl (C=O) groups is 1. The molecule has 3 aromatic carbocycles. The van der Waals surface area contributed by atoms with Gasteiger partial charge in [0.1, 0.15) is 5.75 Å². The van der Waals surface area contributed by atoms with E-state index in [1.165, 1.54) is 17.3 Å². The van der Waals surface area contributed by atoms with Gasteiger partial charge in [-0.3, -0.25) is 9.36 Å². The largest absolute Gasteiger partial charge is 0.497 e. The molecular formula is C31H33N5O2S. The first kappa shape index (κ1) is 27.9. The minimum atomic E-state index is -0.232. The summed E-state index contributed by atoms with van der Waals surface area (Å²) in [6.45, 7) is 8.50. The summed E-state index contributed by atoms with van der Waals surface area (Å²) < 4.78 is 7.28. The van der Waals surface area contributed by atoms with Crippen LogP contribution < -0.4 is 10.2 Å². The molecule has 1 heterocycles. The number of thioether (sulfide) groups is 1. The third kappa shape index (κ3) is 7.45. The van der Waals surface area contributed by atoms with E-state index >= 15 is 0 Å². The standard InChI is InChI=1S/C31H33N5O2S/c1-22(19-23-9-7-6-8-10-23)20-32-33-28(37)21-39-30-35-34-29(24-11-13-25(14-12-24)31(2,3)4)36(30)26-15-17-27(38-5)18-16-26/h6-20H,21H2,1-5H3,(H,33,37)/b22-19-,32-20-. The van der Waals surface area contributed by atoms with E-state index in [9.17, 15) is 4.79 Å². The number of hydrogen-bond acceptors (Lipinski definition) is 6. The van der Waals surface area contributed by atoms with Crippen molar-refractivity contribution in [3.05, 3.63) is 95.6 Å². The molecule has 0 aliphatic heterocycles. The van der Waals surface area contributed by atoms with Gasteiger partial charge in [0.05, 0.1) is 19.1 Å². The lowest BCUT2D eigenvalue weighted by Gasteiger charge is -2.19. The smallest absolute Gasteiger partial charge is 0.250 e. The molecule has 0 atom stereocenters. The quantitative estimate of drug-likeness (QED) is 0.148. The Balaban J connectivity index is 1.51. The maximum absolute atomic E-state index is 12.6. The van der Waals surface area contributed by atoms with Gasteiger partial charge < -0.3 is 4.74 Å². The Labute approximate surface area is 234 Å². The predicted octanol–water partition coefficient (Wildman–Crippen LogP) is 6.54. The third-order valence-electron chi connectivity index (χ3n) is 5.96. The molecule has 0 radical (unpaired) electrons. The summed E-state index contributed by atoms with van der Waals surface area (Å²) in [6, 6.07) is 26.0. The minimum absolute atomic E-state index is 0.0505. The topological polar surface area (TPSA) is 81.4 Å². The van der Waals surface area contributed by atoms with Crippen molar-refractivity contribution in [1.82, 2.24) is 20.2 Å². The van der Waals surface area contributed by atoms with E-state index in [1.54, 1.807) is 13.3 Å². The van der Waals surface area contributed by atoms with Crippen LogP contribution in [-0.4, -0.2) is 39.7 Å². The zero-order valence-electron chi connectivity index (χ0n) is 22.9. The van der Waals surface area contributed by atoms with Gasteiger partial charge in [0.2, 0.25) is 0 Å². The van der Waals surface area contributed by atoms with E-state index in [0.717, 1.165) is 28.1 Å². The zero-order valence-corrected chi connectivity index (χ0v) is 23.7. The van der Waals surface area contributed by atoms with Gasteiger partial charge in [0.15, 0.2) is 11.0 Å². The Morgan fingerprint density at radius 1 is 1.00 bits per heavy atom. The molecular weight excluding hydrogens is 506 g/mol. The molecule has 39 heavy (non-hydrogen) atoms. The molecule has 1 amide bonds.